The molecule has 2 aromatic rings. The van der Waals surface area contributed by atoms with Crippen LogP contribution in [0.3, 0.4) is 0 Å². The zero-order chi connectivity index (χ0) is 19.9. The number of rotatable bonds is 7. The molecule has 2 N–H and O–H groups in total. The number of guanidine groups is 1. The summed E-state index contributed by atoms with van der Waals surface area (Å²) in [4.78, 5) is 4.04. The van der Waals surface area contributed by atoms with Crippen LogP contribution in [0, 0.1) is 0 Å². The minimum Gasteiger partial charge on any atom is -0.489 e. The maximum absolute atomic E-state index is 13.0. The second-order valence-corrected chi connectivity index (χ2v) is 5.66. The summed E-state index contributed by atoms with van der Waals surface area (Å²) < 4.78 is 45.8. The van der Waals surface area contributed by atoms with Gasteiger partial charge < -0.3 is 15.4 Å². The van der Waals surface area contributed by atoms with Crippen molar-refractivity contribution in [2.75, 3.05) is 13.7 Å². The molecule has 0 aliphatic rings. The average Bonchev–Trinajstić information content (AvgIpc) is 3.02. The molecule has 0 fully saturated rings. The van der Waals surface area contributed by atoms with Gasteiger partial charge in [0.05, 0.1) is 0 Å². The molecule has 2 rings (SSSR count). The van der Waals surface area contributed by atoms with Crippen LogP contribution in [0.1, 0.15) is 16.8 Å². The largest absolute Gasteiger partial charge is 0.489 e. The molecule has 27 heavy (non-hydrogen) atoms. The molecule has 1 heterocycles. The lowest BCUT2D eigenvalue weighted by molar-refractivity contribution is -0.142. The molecule has 1 aromatic heterocycles. The molecule has 0 unspecified atom stereocenters. The number of nitrogens with zero attached hydrogens (tertiary/aromatic N) is 3. The topological polar surface area (TPSA) is 63.5 Å². The molecule has 6 nitrogen and oxygen atoms in total. The number of hydrogen-bond acceptors (Lipinski definition) is 3. The fourth-order valence-electron chi connectivity index (χ4n) is 2.42. The number of aromatic nitrogens is 2. The summed E-state index contributed by atoms with van der Waals surface area (Å²) in [7, 11) is 3.00. The highest BCUT2D eigenvalue weighted by atomic mass is 19.4. The minimum absolute atomic E-state index is 0.0441. The molecule has 0 saturated heterocycles. The predicted molar refractivity (Wildman–Crippen MR) is 97.4 cm³/mol. The molecule has 1 aromatic carbocycles. The van der Waals surface area contributed by atoms with Crippen molar-refractivity contribution in [3.8, 4) is 5.75 Å². The van der Waals surface area contributed by atoms with Crippen molar-refractivity contribution in [2.45, 2.75) is 19.3 Å². The molecule has 0 radical (unpaired) electrons. The van der Waals surface area contributed by atoms with Crippen LogP contribution in [0.25, 0.3) is 0 Å². The van der Waals surface area contributed by atoms with Crippen molar-refractivity contribution in [2.24, 2.45) is 12.0 Å². The van der Waals surface area contributed by atoms with Crippen molar-refractivity contribution in [1.82, 2.24) is 20.4 Å². The highest BCUT2D eigenvalue weighted by Gasteiger charge is 2.36. The normalized spacial score (nSPS) is 12.0. The average molecular weight is 381 g/mol. The van der Waals surface area contributed by atoms with Gasteiger partial charge in [0, 0.05) is 44.5 Å². The number of hydrogen-bond donors (Lipinski definition) is 2. The van der Waals surface area contributed by atoms with E-state index >= 15 is 0 Å². The van der Waals surface area contributed by atoms with Gasteiger partial charge in [0.2, 0.25) is 0 Å². The third-order valence-electron chi connectivity index (χ3n) is 3.62. The first kappa shape index (κ1) is 20.3. The molecule has 0 saturated carbocycles. The zero-order valence-corrected chi connectivity index (χ0v) is 15.2. The van der Waals surface area contributed by atoms with E-state index < -0.39 is 11.9 Å². The van der Waals surface area contributed by atoms with Gasteiger partial charge in [-0.2, -0.15) is 18.3 Å². The molecule has 146 valence electrons. The molecule has 0 atom stereocenters. The van der Waals surface area contributed by atoms with Crippen molar-refractivity contribution in [3.05, 3.63) is 59.9 Å². The van der Waals surface area contributed by atoms with E-state index in [1.165, 1.54) is 13.2 Å². The molecular formula is C18H22F3N5O. The predicted octanol–water partition coefficient (Wildman–Crippen LogP) is 2.87. The van der Waals surface area contributed by atoms with Crippen LogP contribution in [0.4, 0.5) is 13.2 Å². The Balaban J connectivity index is 1.99. The summed E-state index contributed by atoms with van der Waals surface area (Å²) in [5, 5.41) is 9.42. The number of benzene rings is 1. The van der Waals surface area contributed by atoms with Gasteiger partial charge in [-0.3, -0.25) is 9.67 Å². The lowest BCUT2D eigenvalue weighted by Gasteiger charge is -2.14. The van der Waals surface area contributed by atoms with Gasteiger partial charge in [0.25, 0.3) is 0 Å². The Morgan fingerprint density at radius 3 is 2.56 bits per heavy atom. The Labute approximate surface area is 155 Å². The van der Waals surface area contributed by atoms with Gasteiger partial charge in [-0.25, -0.2) is 0 Å². The van der Waals surface area contributed by atoms with E-state index in [9.17, 15) is 13.2 Å². The highest BCUT2D eigenvalue weighted by Crippen LogP contribution is 2.30. The SMILES string of the molecule is C=CCOc1ccccc1CNC(=NC)NCc1cn(C)nc1C(F)(F)F. The summed E-state index contributed by atoms with van der Waals surface area (Å²) >= 11 is 0. The van der Waals surface area contributed by atoms with Crippen molar-refractivity contribution < 1.29 is 17.9 Å². The number of aryl methyl sites for hydroxylation is 1. The standard InChI is InChI=1S/C18H22F3N5O/c1-4-9-27-15-8-6-5-7-13(15)10-23-17(22-2)24-11-14-12-26(3)25-16(14)18(19,20)21/h4-8,12H,1,9-11H2,2-3H3,(H2,22,23,24). The highest BCUT2D eigenvalue weighted by molar-refractivity contribution is 5.79. The van der Waals surface area contributed by atoms with Gasteiger partial charge in [-0.15, -0.1) is 0 Å². The van der Waals surface area contributed by atoms with Crippen molar-refractivity contribution >= 4 is 5.96 Å². The van der Waals surface area contributed by atoms with Crippen LogP contribution in [0.2, 0.25) is 0 Å². The van der Waals surface area contributed by atoms with E-state index in [2.05, 4.69) is 27.3 Å². The second-order valence-electron chi connectivity index (χ2n) is 5.66. The first-order valence-corrected chi connectivity index (χ1v) is 8.21. The van der Waals surface area contributed by atoms with Gasteiger partial charge in [0.1, 0.15) is 12.4 Å². The zero-order valence-electron chi connectivity index (χ0n) is 15.2. The third-order valence-corrected chi connectivity index (χ3v) is 3.62. The first-order chi connectivity index (χ1) is 12.8. The fraction of sp³-hybridized carbons (Fsp3) is 0.333. The van der Waals surface area contributed by atoms with Crippen LogP contribution in [-0.2, 0) is 26.3 Å². The molecule has 0 aliphatic heterocycles. The van der Waals surface area contributed by atoms with Crippen LogP contribution in [0.15, 0.2) is 48.1 Å². The van der Waals surface area contributed by atoms with E-state index in [0.29, 0.717) is 24.9 Å². The van der Waals surface area contributed by atoms with Crippen LogP contribution < -0.4 is 15.4 Å². The number of nitrogens with one attached hydrogen (secondary N) is 2. The number of halogens is 3. The van der Waals surface area contributed by atoms with E-state index in [1.54, 1.807) is 13.1 Å². The number of para-hydroxylation sites is 1. The van der Waals surface area contributed by atoms with Crippen LogP contribution in [0.5, 0.6) is 5.75 Å². The summed E-state index contributed by atoms with van der Waals surface area (Å²) in [6.45, 7) is 4.33. The molecular weight excluding hydrogens is 359 g/mol. The Bertz CT molecular complexity index is 799. The maximum atomic E-state index is 13.0. The minimum atomic E-state index is -4.50. The monoisotopic (exact) mass is 381 g/mol. The number of aliphatic imine (C=N–C) groups is 1. The molecule has 0 spiro atoms. The lowest BCUT2D eigenvalue weighted by Crippen LogP contribution is -2.36. The summed E-state index contributed by atoms with van der Waals surface area (Å²) in [5.74, 6) is 1.07. The van der Waals surface area contributed by atoms with Crippen LogP contribution >= 0.6 is 0 Å². The molecule has 0 bridgehead atoms. The molecule has 9 heteroatoms. The quantitative estimate of drug-likeness (QED) is 0.440. The van der Waals surface area contributed by atoms with Gasteiger partial charge in [-0.1, -0.05) is 30.9 Å². The first-order valence-electron chi connectivity index (χ1n) is 8.21. The lowest BCUT2D eigenvalue weighted by atomic mass is 10.2. The summed E-state index contributed by atoms with van der Waals surface area (Å²) in [5.41, 5.74) is 0.0263. The third kappa shape index (κ3) is 5.77. The van der Waals surface area contributed by atoms with E-state index in [-0.39, 0.29) is 12.1 Å². The van der Waals surface area contributed by atoms with Crippen molar-refractivity contribution in [1.29, 1.82) is 0 Å². The van der Waals surface area contributed by atoms with Gasteiger partial charge >= 0.3 is 6.18 Å². The van der Waals surface area contributed by atoms with E-state index in [1.807, 2.05) is 24.3 Å². The molecule has 0 aliphatic carbocycles. The van der Waals surface area contributed by atoms with Crippen molar-refractivity contribution in [3.63, 3.8) is 0 Å². The van der Waals surface area contributed by atoms with Gasteiger partial charge in [-0.05, 0) is 6.07 Å². The number of alkyl halides is 3. The Morgan fingerprint density at radius 1 is 1.26 bits per heavy atom. The van der Waals surface area contributed by atoms with E-state index in [0.717, 1.165) is 10.2 Å². The van der Waals surface area contributed by atoms with Crippen LogP contribution in [-0.4, -0.2) is 29.4 Å². The Kier molecular flexibility index (Phi) is 6.86. The summed E-state index contributed by atoms with van der Waals surface area (Å²) in [6.07, 6.45) is -1.52. The Morgan fingerprint density at radius 2 is 1.93 bits per heavy atom. The smallest absolute Gasteiger partial charge is 0.435 e. The molecule has 0 amide bonds. The second kappa shape index (κ2) is 9.11. The van der Waals surface area contributed by atoms with Gasteiger partial charge in [0.15, 0.2) is 11.7 Å². The fourth-order valence-corrected chi connectivity index (χ4v) is 2.42. The summed E-state index contributed by atoms with van der Waals surface area (Å²) in [6, 6.07) is 7.46. The van der Waals surface area contributed by atoms with E-state index in [4.69, 9.17) is 4.74 Å². The Hall–Kier alpha value is -2.97. The number of ether oxygens (including phenoxy) is 1. The maximum Gasteiger partial charge on any atom is 0.435 e.